The third-order valence-electron chi connectivity index (χ3n) is 2.36. The monoisotopic (exact) mass is 197 g/mol. The van der Waals surface area contributed by atoms with Gasteiger partial charge < -0.3 is 5.32 Å². The zero-order valence-corrected chi connectivity index (χ0v) is 7.39. The minimum absolute atomic E-state index is 0.276. The number of hydrogen-bond donors (Lipinski definition) is 1. The molecule has 1 aliphatic heterocycles. The number of carbonyl (C=O) groups is 1. The van der Waals surface area contributed by atoms with E-state index in [0.717, 1.165) is 12.1 Å². The SMILES string of the molecule is O=C(c1c(F)cccc1F)C1CNC1. The van der Waals surface area contributed by atoms with Gasteiger partial charge in [-0.1, -0.05) is 6.07 Å². The van der Waals surface area contributed by atoms with Crippen LogP contribution in [0.2, 0.25) is 0 Å². The number of ketones is 1. The summed E-state index contributed by atoms with van der Waals surface area (Å²) in [5.74, 6) is -2.27. The first-order valence-electron chi connectivity index (χ1n) is 4.39. The van der Waals surface area contributed by atoms with Crippen LogP contribution in [-0.4, -0.2) is 18.9 Å². The summed E-state index contributed by atoms with van der Waals surface area (Å²) in [5, 5.41) is 2.89. The zero-order chi connectivity index (χ0) is 10.1. The fraction of sp³-hybridized carbons (Fsp3) is 0.300. The molecule has 1 N–H and O–H groups in total. The molecule has 0 unspecified atom stereocenters. The Hall–Kier alpha value is -1.29. The molecule has 1 aromatic carbocycles. The average molecular weight is 197 g/mol. The van der Waals surface area contributed by atoms with Crippen molar-refractivity contribution >= 4 is 5.78 Å². The standard InChI is InChI=1S/C10H9F2NO/c11-7-2-1-3-8(12)9(7)10(14)6-4-13-5-6/h1-3,6,13H,4-5H2. The maximum atomic E-state index is 13.1. The van der Waals surface area contributed by atoms with Gasteiger partial charge in [-0.25, -0.2) is 8.78 Å². The predicted molar refractivity (Wildman–Crippen MR) is 47.0 cm³/mol. The van der Waals surface area contributed by atoms with Gasteiger partial charge in [-0.15, -0.1) is 0 Å². The third-order valence-corrected chi connectivity index (χ3v) is 2.36. The largest absolute Gasteiger partial charge is 0.315 e. The highest BCUT2D eigenvalue weighted by Crippen LogP contribution is 2.18. The summed E-state index contributed by atoms with van der Waals surface area (Å²) in [5.41, 5.74) is -0.404. The number of hydrogen-bond acceptors (Lipinski definition) is 2. The number of benzene rings is 1. The van der Waals surface area contributed by atoms with Crippen molar-refractivity contribution in [2.45, 2.75) is 0 Å². The van der Waals surface area contributed by atoms with Crippen molar-refractivity contribution in [3.05, 3.63) is 35.4 Å². The Kier molecular flexibility index (Phi) is 2.29. The fourth-order valence-electron chi connectivity index (χ4n) is 1.41. The molecule has 1 aromatic rings. The highest BCUT2D eigenvalue weighted by atomic mass is 19.1. The second-order valence-electron chi connectivity index (χ2n) is 3.32. The number of Topliss-reactive ketones (excluding diaryl/α,β-unsaturated/α-hetero) is 1. The summed E-state index contributed by atoms with van der Waals surface area (Å²) in [7, 11) is 0. The first-order valence-corrected chi connectivity index (χ1v) is 4.39. The van der Waals surface area contributed by atoms with Crippen molar-refractivity contribution in [2.75, 3.05) is 13.1 Å². The van der Waals surface area contributed by atoms with Crippen molar-refractivity contribution in [1.29, 1.82) is 0 Å². The van der Waals surface area contributed by atoms with Crippen LogP contribution in [0.3, 0.4) is 0 Å². The van der Waals surface area contributed by atoms with Gasteiger partial charge in [0.2, 0.25) is 0 Å². The second kappa shape index (κ2) is 3.46. The number of rotatable bonds is 2. The molecule has 14 heavy (non-hydrogen) atoms. The van der Waals surface area contributed by atoms with Crippen LogP contribution in [0.25, 0.3) is 0 Å². The molecule has 0 bridgehead atoms. The number of halogens is 2. The van der Waals surface area contributed by atoms with Crippen LogP contribution in [0, 0.1) is 17.6 Å². The maximum Gasteiger partial charge on any atom is 0.174 e. The van der Waals surface area contributed by atoms with Crippen LogP contribution >= 0.6 is 0 Å². The van der Waals surface area contributed by atoms with Gasteiger partial charge in [0.25, 0.3) is 0 Å². The highest BCUT2D eigenvalue weighted by molar-refractivity contribution is 5.99. The Morgan fingerprint density at radius 2 is 1.86 bits per heavy atom. The molecule has 0 aromatic heterocycles. The van der Waals surface area contributed by atoms with Gasteiger partial charge in [0, 0.05) is 19.0 Å². The summed E-state index contributed by atoms with van der Waals surface area (Å²) in [4.78, 5) is 11.5. The Balaban J connectivity index is 2.34. The highest BCUT2D eigenvalue weighted by Gasteiger charge is 2.29. The average Bonchev–Trinajstić information content (AvgIpc) is 2.00. The van der Waals surface area contributed by atoms with Crippen molar-refractivity contribution in [3.63, 3.8) is 0 Å². The minimum Gasteiger partial charge on any atom is -0.315 e. The van der Waals surface area contributed by atoms with Crippen LogP contribution in [0.4, 0.5) is 8.78 Å². The van der Waals surface area contributed by atoms with E-state index in [2.05, 4.69) is 5.32 Å². The summed E-state index contributed by atoms with van der Waals surface area (Å²) in [6, 6.07) is 3.45. The van der Waals surface area contributed by atoms with Crippen molar-refractivity contribution < 1.29 is 13.6 Å². The number of nitrogens with one attached hydrogen (secondary N) is 1. The molecular weight excluding hydrogens is 188 g/mol. The molecule has 1 aliphatic rings. The Labute approximate surface area is 79.9 Å². The molecule has 0 saturated carbocycles. The van der Waals surface area contributed by atoms with E-state index < -0.39 is 23.0 Å². The Morgan fingerprint density at radius 3 is 2.29 bits per heavy atom. The molecule has 1 saturated heterocycles. The van der Waals surface area contributed by atoms with Crippen molar-refractivity contribution in [3.8, 4) is 0 Å². The van der Waals surface area contributed by atoms with Crippen LogP contribution in [0.15, 0.2) is 18.2 Å². The quantitative estimate of drug-likeness (QED) is 0.725. The van der Waals surface area contributed by atoms with Crippen LogP contribution in [0.1, 0.15) is 10.4 Å². The molecule has 0 radical (unpaired) electrons. The van der Waals surface area contributed by atoms with E-state index >= 15 is 0 Å². The van der Waals surface area contributed by atoms with Crippen molar-refractivity contribution in [2.24, 2.45) is 5.92 Å². The normalized spacial score (nSPS) is 16.4. The fourth-order valence-corrected chi connectivity index (χ4v) is 1.41. The van der Waals surface area contributed by atoms with Crippen molar-refractivity contribution in [1.82, 2.24) is 5.32 Å². The van der Waals surface area contributed by atoms with Gasteiger partial charge in [0.1, 0.15) is 11.6 Å². The zero-order valence-electron chi connectivity index (χ0n) is 7.39. The van der Waals surface area contributed by atoms with E-state index in [4.69, 9.17) is 0 Å². The minimum atomic E-state index is -0.776. The third kappa shape index (κ3) is 1.42. The molecule has 1 fully saturated rings. The molecular formula is C10H9F2NO. The molecule has 2 nitrogen and oxygen atoms in total. The van der Waals surface area contributed by atoms with E-state index in [-0.39, 0.29) is 5.92 Å². The molecule has 4 heteroatoms. The van der Waals surface area contributed by atoms with Gasteiger partial charge >= 0.3 is 0 Å². The van der Waals surface area contributed by atoms with Crippen LogP contribution < -0.4 is 5.32 Å². The first kappa shape index (κ1) is 9.27. The van der Waals surface area contributed by atoms with Gasteiger partial charge in [-0.2, -0.15) is 0 Å². The summed E-state index contributed by atoms with van der Waals surface area (Å²) in [6.07, 6.45) is 0. The van der Waals surface area contributed by atoms with Gasteiger partial charge in [-0.05, 0) is 12.1 Å². The van der Waals surface area contributed by atoms with E-state index in [1.807, 2.05) is 0 Å². The smallest absolute Gasteiger partial charge is 0.174 e. The number of carbonyl (C=O) groups excluding carboxylic acids is 1. The lowest BCUT2D eigenvalue weighted by atomic mass is 9.92. The molecule has 1 heterocycles. The molecule has 2 rings (SSSR count). The molecule has 0 spiro atoms. The lowest BCUT2D eigenvalue weighted by Crippen LogP contribution is -2.46. The predicted octanol–water partition coefficient (Wildman–Crippen LogP) is 1.37. The van der Waals surface area contributed by atoms with Gasteiger partial charge in [-0.3, -0.25) is 4.79 Å². The second-order valence-corrected chi connectivity index (χ2v) is 3.32. The van der Waals surface area contributed by atoms with Crippen LogP contribution in [0.5, 0.6) is 0 Å². The van der Waals surface area contributed by atoms with E-state index in [0.29, 0.717) is 13.1 Å². The van der Waals surface area contributed by atoms with Gasteiger partial charge in [0.05, 0.1) is 5.56 Å². The van der Waals surface area contributed by atoms with Gasteiger partial charge in [0.15, 0.2) is 5.78 Å². The van der Waals surface area contributed by atoms with Crippen LogP contribution in [-0.2, 0) is 0 Å². The molecule has 74 valence electrons. The Morgan fingerprint density at radius 1 is 1.29 bits per heavy atom. The summed E-state index contributed by atoms with van der Waals surface area (Å²) in [6.45, 7) is 1.01. The van der Waals surface area contributed by atoms with E-state index in [1.165, 1.54) is 6.07 Å². The van der Waals surface area contributed by atoms with E-state index in [1.54, 1.807) is 0 Å². The maximum absolute atomic E-state index is 13.1. The summed E-state index contributed by atoms with van der Waals surface area (Å²) < 4.78 is 26.3. The molecule has 0 aliphatic carbocycles. The summed E-state index contributed by atoms with van der Waals surface area (Å²) >= 11 is 0. The molecule has 0 atom stereocenters. The van der Waals surface area contributed by atoms with E-state index in [9.17, 15) is 13.6 Å². The molecule has 0 amide bonds. The Bertz CT molecular complexity index is 354. The topological polar surface area (TPSA) is 29.1 Å². The lowest BCUT2D eigenvalue weighted by Gasteiger charge is -2.25. The lowest BCUT2D eigenvalue weighted by molar-refractivity contribution is 0.0869. The first-order chi connectivity index (χ1) is 6.70.